The molecule has 0 heterocycles. The Morgan fingerprint density at radius 2 is 1.75 bits per heavy atom. The summed E-state index contributed by atoms with van der Waals surface area (Å²) in [4.78, 5) is 25.0. The normalized spacial score (nSPS) is 12.7. The van der Waals surface area contributed by atoms with Gasteiger partial charge in [-0.1, -0.05) is 36.4 Å². The molecule has 0 saturated carbocycles. The first-order valence-corrected chi connectivity index (χ1v) is 7.83. The van der Waals surface area contributed by atoms with E-state index in [0.29, 0.717) is 0 Å². The van der Waals surface area contributed by atoms with Gasteiger partial charge in [0.2, 0.25) is 0 Å². The lowest BCUT2D eigenvalue weighted by molar-refractivity contribution is -0.138. The average Bonchev–Trinajstić information content (AvgIpc) is 2.49. The van der Waals surface area contributed by atoms with Crippen LogP contribution in [0.5, 0.6) is 0 Å². The van der Waals surface area contributed by atoms with Crippen LogP contribution in [0, 0.1) is 0 Å². The summed E-state index contributed by atoms with van der Waals surface area (Å²) in [6.07, 6.45) is -0.726. The fourth-order valence-electron chi connectivity index (χ4n) is 2.52. The quantitative estimate of drug-likeness (QED) is 0.912. The number of fused-ring (bicyclic) bond motifs is 1. The average molecular weight is 329 g/mol. The fourth-order valence-corrected chi connectivity index (χ4v) is 2.52. The van der Waals surface area contributed by atoms with Crippen molar-refractivity contribution >= 4 is 22.8 Å². The van der Waals surface area contributed by atoms with Gasteiger partial charge in [0.25, 0.3) is 0 Å². The first-order chi connectivity index (χ1) is 11.2. The topological polar surface area (TPSA) is 66.8 Å². The Labute approximate surface area is 141 Å². The molecule has 0 aliphatic carbocycles. The predicted octanol–water partition coefficient (Wildman–Crippen LogP) is 4.22. The van der Waals surface area contributed by atoms with Crippen LogP contribution < -0.4 is 0 Å². The Bertz CT molecular complexity index is 748. The Morgan fingerprint density at radius 1 is 1.12 bits per heavy atom. The minimum absolute atomic E-state index is 0.186. The summed E-state index contributed by atoms with van der Waals surface area (Å²) in [5.41, 5.74) is 0.132. The number of benzene rings is 2. The molecule has 0 radical (unpaired) electrons. The van der Waals surface area contributed by atoms with Gasteiger partial charge in [-0.05, 0) is 43.2 Å². The molecule has 128 valence electrons. The highest BCUT2D eigenvalue weighted by Crippen LogP contribution is 2.28. The molecule has 0 aromatic heterocycles. The zero-order valence-corrected chi connectivity index (χ0v) is 14.4. The molecule has 0 aliphatic heterocycles. The molecule has 1 N–H and O–H groups in total. The van der Waals surface area contributed by atoms with Crippen molar-refractivity contribution in [3.63, 3.8) is 0 Å². The molecule has 0 fully saturated rings. The number of nitrogens with zero attached hydrogens (tertiary/aromatic N) is 1. The molecule has 0 aliphatic rings. The maximum Gasteiger partial charge on any atom is 0.410 e. The van der Waals surface area contributed by atoms with Crippen LogP contribution in [0.1, 0.15) is 38.8 Å². The Morgan fingerprint density at radius 3 is 2.33 bits per heavy atom. The Balaban J connectivity index is 2.35. The maximum absolute atomic E-state index is 12.3. The van der Waals surface area contributed by atoms with E-state index in [9.17, 15) is 14.7 Å². The van der Waals surface area contributed by atoms with Crippen LogP contribution in [0.3, 0.4) is 0 Å². The van der Waals surface area contributed by atoms with Gasteiger partial charge in [-0.25, -0.2) is 4.79 Å². The molecule has 2 aromatic carbocycles. The molecule has 1 unspecified atom stereocenters. The molecule has 1 amide bonds. The number of rotatable bonds is 4. The van der Waals surface area contributed by atoms with Gasteiger partial charge >= 0.3 is 12.1 Å². The summed E-state index contributed by atoms with van der Waals surface area (Å²) in [6, 6.07) is 12.9. The third-order valence-electron chi connectivity index (χ3n) is 3.68. The monoisotopic (exact) mass is 329 g/mol. The molecular weight excluding hydrogens is 306 g/mol. The largest absolute Gasteiger partial charge is 0.481 e. The summed E-state index contributed by atoms with van der Waals surface area (Å²) in [5.74, 6) is -0.969. The van der Waals surface area contributed by atoms with Gasteiger partial charge in [-0.2, -0.15) is 0 Å². The summed E-state index contributed by atoms with van der Waals surface area (Å²) < 4.78 is 5.37. The minimum atomic E-state index is -0.969. The van der Waals surface area contributed by atoms with E-state index >= 15 is 0 Å². The predicted molar refractivity (Wildman–Crippen MR) is 92.9 cm³/mol. The molecular formula is C19H23NO4. The summed E-state index contributed by atoms with van der Waals surface area (Å²) >= 11 is 0. The van der Waals surface area contributed by atoms with Crippen molar-refractivity contribution in [1.29, 1.82) is 0 Å². The van der Waals surface area contributed by atoms with Crippen LogP contribution in [0.2, 0.25) is 0 Å². The van der Waals surface area contributed by atoms with Crippen molar-refractivity contribution in [1.82, 2.24) is 4.90 Å². The van der Waals surface area contributed by atoms with Crippen LogP contribution in [-0.4, -0.2) is 34.7 Å². The van der Waals surface area contributed by atoms with Crippen molar-refractivity contribution in [2.24, 2.45) is 0 Å². The number of aliphatic carboxylic acids is 1. The molecule has 5 heteroatoms. The van der Waals surface area contributed by atoms with Gasteiger partial charge in [-0.3, -0.25) is 4.79 Å². The molecule has 5 nitrogen and oxygen atoms in total. The lowest BCUT2D eigenvalue weighted by atomic mass is 9.99. The van der Waals surface area contributed by atoms with Crippen LogP contribution in [-0.2, 0) is 9.53 Å². The van der Waals surface area contributed by atoms with Crippen molar-refractivity contribution in [3.8, 4) is 0 Å². The molecule has 0 spiro atoms. The van der Waals surface area contributed by atoms with Gasteiger partial charge < -0.3 is 14.7 Å². The van der Waals surface area contributed by atoms with E-state index in [0.717, 1.165) is 16.3 Å². The van der Waals surface area contributed by atoms with E-state index in [1.165, 1.54) is 4.90 Å². The van der Waals surface area contributed by atoms with E-state index in [1.807, 2.05) is 42.5 Å². The van der Waals surface area contributed by atoms with Crippen molar-refractivity contribution < 1.29 is 19.4 Å². The van der Waals surface area contributed by atoms with E-state index in [4.69, 9.17) is 4.74 Å². The van der Waals surface area contributed by atoms with Crippen molar-refractivity contribution in [2.75, 3.05) is 7.05 Å². The van der Waals surface area contributed by atoms with E-state index in [1.54, 1.807) is 27.8 Å². The van der Waals surface area contributed by atoms with E-state index in [-0.39, 0.29) is 6.42 Å². The third kappa shape index (κ3) is 4.47. The number of hydrogen-bond acceptors (Lipinski definition) is 3. The number of carboxylic acids is 1. The fraction of sp³-hybridized carbons (Fsp3) is 0.368. The number of amides is 1. The summed E-state index contributed by atoms with van der Waals surface area (Å²) in [6.45, 7) is 5.34. The molecule has 2 aromatic rings. The van der Waals surface area contributed by atoms with E-state index < -0.39 is 23.7 Å². The zero-order valence-electron chi connectivity index (χ0n) is 14.4. The second-order valence-electron chi connectivity index (χ2n) is 6.81. The van der Waals surface area contributed by atoms with Gasteiger partial charge in [0, 0.05) is 7.05 Å². The summed E-state index contributed by atoms with van der Waals surface area (Å²) in [5, 5.41) is 11.3. The Hall–Kier alpha value is -2.56. The van der Waals surface area contributed by atoms with Gasteiger partial charge in [0.1, 0.15) is 5.60 Å². The van der Waals surface area contributed by atoms with Crippen LogP contribution in [0.25, 0.3) is 10.8 Å². The van der Waals surface area contributed by atoms with Crippen molar-refractivity contribution in [2.45, 2.75) is 38.8 Å². The lowest BCUT2D eigenvalue weighted by Gasteiger charge is -2.30. The van der Waals surface area contributed by atoms with Crippen LogP contribution in [0.4, 0.5) is 4.79 Å². The second kappa shape index (κ2) is 6.91. The molecule has 2 rings (SSSR count). The zero-order chi connectivity index (χ0) is 17.9. The highest BCUT2D eigenvalue weighted by atomic mass is 16.6. The molecule has 0 bridgehead atoms. The minimum Gasteiger partial charge on any atom is -0.481 e. The first-order valence-electron chi connectivity index (χ1n) is 7.83. The van der Waals surface area contributed by atoms with Gasteiger partial charge in [-0.15, -0.1) is 0 Å². The van der Waals surface area contributed by atoms with E-state index in [2.05, 4.69) is 0 Å². The number of carbonyl (C=O) groups is 2. The second-order valence-corrected chi connectivity index (χ2v) is 6.81. The smallest absolute Gasteiger partial charge is 0.410 e. The molecule has 0 saturated heterocycles. The SMILES string of the molecule is CN(C(=O)OC(C)(C)C)C(CC(=O)O)c1ccc2ccccc2c1. The highest BCUT2D eigenvalue weighted by molar-refractivity contribution is 5.83. The molecule has 1 atom stereocenters. The Kier molecular flexibility index (Phi) is 5.12. The van der Waals surface area contributed by atoms with Crippen LogP contribution in [0.15, 0.2) is 42.5 Å². The number of carbonyl (C=O) groups excluding carboxylic acids is 1. The summed E-state index contributed by atoms with van der Waals surface area (Å²) in [7, 11) is 1.57. The number of carboxylic acid groups (broad SMARTS) is 1. The van der Waals surface area contributed by atoms with Gasteiger partial charge in [0.15, 0.2) is 0 Å². The standard InChI is InChI=1S/C19H23NO4/c1-19(2,3)24-18(23)20(4)16(12-17(21)22)15-10-9-13-7-5-6-8-14(13)11-15/h5-11,16H,12H2,1-4H3,(H,21,22). The third-order valence-corrected chi connectivity index (χ3v) is 3.68. The maximum atomic E-state index is 12.3. The van der Waals surface area contributed by atoms with Crippen LogP contribution >= 0.6 is 0 Å². The van der Waals surface area contributed by atoms with Gasteiger partial charge in [0.05, 0.1) is 12.5 Å². The number of ether oxygens (including phenoxy) is 1. The lowest BCUT2D eigenvalue weighted by Crippen LogP contribution is -2.37. The van der Waals surface area contributed by atoms with Crippen molar-refractivity contribution in [3.05, 3.63) is 48.0 Å². The molecule has 24 heavy (non-hydrogen) atoms. The number of hydrogen-bond donors (Lipinski definition) is 1. The first kappa shape index (κ1) is 17.8. The highest BCUT2D eigenvalue weighted by Gasteiger charge is 2.28.